The fraction of sp³-hybridized carbons (Fsp3) is 0.250. The first-order valence-corrected chi connectivity index (χ1v) is 9.55. The summed E-state index contributed by atoms with van der Waals surface area (Å²) in [5.41, 5.74) is 2.05. The zero-order valence-corrected chi connectivity index (χ0v) is 14.6. The van der Waals surface area contributed by atoms with E-state index in [1.165, 1.54) is 0 Å². The molecule has 130 valence electrons. The Morgan fingerprint density at radius 2 is 1.54 bits per heavy atom. The first kappa shape index (κ1) is 18.6. The molecule has 2 aromatic rings. The van der Waals surface area contributed by atoms with Crippen molar-refractivity contribution in [3.63, 3.8) is 0 Å². The van der Waals surface area contributed by atoms with Crippen molar-refractivity contribution in [2.75, 3.05) is 7.11 Å². The Morgan fingerprint density at radius 3 is 2.12 bits per heavy atom. The standard InChI is InChI=1S/C16H18O6S2/c1-21-15-5-2-12(3-6-15)9-22-16-7-4-13(10-23(17)18)8-14(16)11-24(19)20/h2-8H,9-11H2,1H3,(H,17,18)(H,19,20). The van der Waals surface area contributed by atoms with E-state index in [9.17, 15) is 8.42 Å². The molecule has 0 radical (unpaired) electrons. The number of ether oxygens (including phenoxy) is 2. The summed E-state index contributed by atoms with van der Waals surface area (Å²) in [6, 6.07) is 12.3. The molecule has 0 aliphatic carbocycles. The Kier molecular flexibility index (Phi) is 6.92. The van der Waals surface area contributed by atoms with Crippen LogP contribution in [0.2, 0.25) is 0 Å². The van der Waals surface area contributed by atoms with Gasteiger partial charge in [-0.15, -0.1) is 0 Å². The van der Waals surface area contributed by atoms with Crippen molar-refractivity contribution in [3.05, 3.63) is 59.2 Å². The van der Waals surface area contributed by atoms with Crippen LogP contribution in [0.4, 0.5) is 0 Å². The Morgan fingerprint density at radius 1 is 0.917 bits per heavy atom. The first-order valence-electron chi connectivity index (χ1n) is 7.00. The molecule has 6 nitrogen and oxygen atoms in total. The minimum atomic E-state index is -2.04. The Labute approximate surface area is 145 Å². The molecule has 8 heteroatoms. The number of rotatable bonds is 8. The lowest BCUT2D eigenvalue weighted by atomic mass is 10.1. The highest BCUT2D eigenvalue weighted by Gasteiger charge is 2.10. The van der Waals surface area contributed by atoms with Crippen LogP contribution < -0.4 is 9.47 Å². The predicted molar refractivity (Wildman–Crippen MR) is 92.7 cm³/mol. The van der Waals surface area contributed by atoms with E-state index in [0.29, 0.717) is 23.5 Å². The van der Waals surface area contributed by atoms with Gasteiger partial charge in [0.05, 0.1) is 18.6 Å². The lowest BCUT2D eigenvalue weighted by Gasteiger charge is -2.12. The number of hydrogen-bond acceptors (Lipinski definition) is 4. The summed E-state index contributed by atoms with van der Waals surface area (Å²) in [6.07, 6.45) is 0. The van der Waals surface area contributed by atoms with Gasteiger partial charge in [-0.3, -0.25) is 0 Å². The molecule has 0 fully saturated rings. The maximum absolute atomic E-state index is 11.1. The van der Waals surface area contributed by atoms with Crippen LogP contribution in [0.5, 0.6) is 11.5 Å². The summed E-state index contributed by atoms with van der Waals surface area (Å²) < 4.78 is 51.0. The van der Waals surface area contributed by atoms with Crippen molar-refractivity contribution in [2.24, 2.45) is 0 Å². The topological polar surface area (TPSA) is 93.1 Å². The maximum Gasteiger partial charge on any atom is 0.157 e. The van der Waals surface area contributed by atoms with Gasteiger partial charge in [0.2, 0.25) is 0 Å². The molecule has 0 amide bonds. The molecule has 0 spiro atoms. The van der Waals surface area contributed by atoms with Crippen molar-refractivity contribution in [2.45, 2.75) is 18.1 Å². The lowest BCUT2D eigenvalue weighted by Crippen LogP contribution is -2.03. The highest BCUT2D eigenvalue weighted by molar-refractivity contribution is 7.78. The van der Waals surface area contributed by atoms with E-state index in [4.69, 9.17) is 18.6 Å². The number of benzene rings is 2. The SMILES string of the molecule is COc1ccc(COc2ccc(CS(=O)O)cc2CS(=O)O)cc1. The molecule has 2 atom stereocenters. The monoisotopic (exact) mass is 370 g/mol. The minimum Gasteiger partial charge on any atom is -0.497 e. The summed E-state index contributed by atoms with van der Waals surface area (Å²) in [7, 11) is 1.59. The Hall–Kier alpha value is -1.74. The van der Waals surface area contributed by atoms with Crippen molar-refractivity contribution >= 4 is 22.2 Å². The van der Waals surface area contributed by atoms with Gasteiger partial charge in [-0.05, 0) is 29.3 Å². The van der Waals surface area contributed by atoms with Crippen LogP contribution in [-0.4, -0.2) is 24.6 Å². The van der Waals surface area contributed by atoms with Gasteiger partial charge in [-0.25, -0.2) is 8.42 Å². The van der Waals surface area contributed by atoms with Gasteiger partial charge in [0.15, 0.2) is 22.2 Å². The molecular formula is C16H18O6S2. The number of methoxy groups -OCH3 is 1. The van der Waals surface area contributed by atoms with Crippen LogP contribution in [0.1, 0.15) is 16.7 Å². The van der Waals surface area contributed by atoms with E-state index < -0.39 is 22.2 Å². The highest BCUT2D eigenvalue weighted by Crippen LogP contribution is 2.24. The molecule has 2 N–H and O–H groups in total. The highest BCUT2D eigenvalue weighted by atomic mass is 32.2. The van der Waals surface area contributed by atoms with Gasteiger partial charge in [0.1, 0.15) is 18.1 Å². The van der Waals surface area contributed by atoms with Crippen LogP contribution in [0.3, 0.4) is 0 Å². The smallest absolute Gasteiger partial charge is 0.157 e. The zero-order valence-electron chi connectivity index (χ0n) is 13.0. The van der Waals surface area contributed by atoms with Crippen LogP contribution in [0.25, 0.3) is 0 Å². The van der Waals surface area contributed by atoms with Crippen LogP contribution in [0, 0.1) is 0 Å². The maximum atomic E-state index is 11.1. The summed E-state index contributed by atoms with van der Waals surface area (Å²) in [5.74, 6) is 1.07. The molecule has 0 bridgehead atoms. The van der Waals surface area contributed by atoms with Crippen molar-refractivity contribution in [3.8, 4) is 11.5 Å². The van der Waals surface area contributed by atoms with Crippen molar-refractivity contribution in [1.29, 1.82) is 0 Å². The summed E-state index contributed by atoms with van der Waals surface area (Å²) >= 11 is -4.01. The normalized spacial score (nSPS) is 13.3. The van der Waals surface area contributed by atoms with Gasteiger partial charge in [0, 0.05) is 5.56 Å². The van der Waals surface area contributed by atoms with E-state index in [0.717, 1.165) is 11.3 Å². The van der Waals surface area contributed by atoms with Gasteiger partial charge < -0.3 is 18.6 Å². The molecule has 24 heavy (non-hydrogen) atoms. The molecule has 2 aromatic carbocycles. The predicted octanol–water partition coefficient (Wildman–Crippen LogP) is 2.72. The Bertz CT molecular complexity index is 730. The molecule has 0 heterocycles. The largest absolute Gasteiger partial charge is 0.497 e. The van der Waals surface area contributed by atoms with E-state index in [1.54, 1.807) is 25.3 Å². The minimum absolute atomic E-state index is 0.0379. The molecule has 0 aliphatic rings. The average Bonchev–Trinajstić information content (AvgIpc) is 2.53. The summed E-state index contributed by atoms with van der Waals surface area (Å²) in [6.45, 7) is 0.292. The van der Waals surface area contributed by atoms with E-state index in [1.807, 2.05) is 24.3 Å². The molecule has 0 saturated carbocycles. The Balaban J connectivity index is 2.14. The van der Waals surface area contributed by atoms with E-state index in [-0.39, 0.29) is 11.5 Å². The third-order valence-corrected chi connectivity index (χ3v) is 4.39. The van der Waals surface area contributed by atoms with Crippen LogP contribution in [0.15, 0.2) is 42.5 Å². The first-order chi connectivity index (χ1) is 11.5. The van der Waals surface area contributed by atoms with Crippen molar-refractivity contribution in [1.82, 2.24) is 0 Å². The molecule has 2 unspecified atom stereocenters. The van der Waals surface area contributed by atoms with E-state index >= 15 is 0 Å². The molecule has 0 aromatic heterocycles. The molecular weight excluding hydrogens is 352 g/mol. The van der Waals surface area contributed by atoms with Gasteiger partial charge in [-0.1, -0.05) is 24.3 Å². The zero-order chi connectivity index (χ0) is 17.5. The van der Waals surface area contributed by atoms with Gasteiger partial charge in [0.25, 0.3) is 0 Å². The molecule has 0 saturated heterocycles. The second-order valence-electron chi connectivity index (χ2n) is 5.01. The van der Waals surface area contributed by atoms with Crippen LogP contribution in [-0.2, 0) is 40.3 Å². The quantitative estimate of drug-likeness (QED) is 0.694. The summed E-state index contributed by atoms with van der Waals surface area (Å²) in [4.78, 5) is 0. The second kappa shape index (κ2) is 8.93. The fourth-order valence-electron chi connectivity index (χ4n) is 2.13. The van der Waals surface area contributed by atoms with E-state index in [2.05, 4.69) is 0 Å². The lowest BCUT2D eigenvalue weighted by molar-refractivity contribution is 0.303. The fourth-order valence-corrected chi connectivity index (χ4v) is 3.09. The second-order valence-corrected chi connectivity index (χ2v) is 6.87. The third kappa shape index (κ3) is 5.72. The van der Waals surface area contributed by atoms with Gasteiger partial charge in [-0.2, -0.15) is 0 Å². The van der Waals surface area contributed by atoms with Crippen LogP contribution >= 0.6 is 0 Å². The average molecular weight is 370 g/mol. The molecule has 2 rings (SSSR count). The number of hydrogen-bond donors (Lipinski definition) is 2. The van der Waals surface area contributed by atoms with Crippen molar-refractivity contribution < 1.29 is 27.0 Å². The molecule has 0 aliphatic heterocycles. The van der Waals surface area contributed by atoms with Gasteiger partial charge >= 0.3 is 0 Å². The third-order valence-electron chi connectivity index (χ3n) is 3.25. The summed E-state index contributed by atoms with van der Waals surface area (Å²) in [5, 5.41) is 0.